The minimum atomic E-state index is 0.106. The van der Waals surface area contributed by atoms with E-state index in [0.29, 0.717) is 0 Å². The van der Waals surface area contributed by atoms with Crippen molar-refractivity contribution in [3.8, 4) is 0 Å². The van der Waals surface area contributed by atoms with Gasteiger partial charge in [0.1, 0.15) is 6.10 Å². The molecule has 4 heteroatoms. The second-order valence-electron chi connectivity index (χ2n) is 12.1. The number of thiocarbonyl (C=S) groups is 2. The molecule has 0 aliphatic heterocycles. The van der Waals surface area contributed by atoms with Crippen LogP contribution in [0.15, 0.2) is 0 Å². The summed E-state index contributed by atoms with van der Waals surface area (Å²) in [6.45, 7) is 10.7. The van der Waals surface area contributed by atoms with Crippen LogP contribution >= 0.6 is 24.4 Å². The topological polar surface area (TPSA) is 12.5 Å². The van der Waals surface area contributed by atoms with E-state index in [2.05, 4.69) is 32.6 Å². The highest BCUT2D eigenvalue weighted by Crippen LogP contribution is 2.15. The van der Waals surface area contributed by atoms with E-state index >= 15 is 0 Å². The van der Waals surface area contributed by atoms with Gasteiger partial charge in [0.2, 0.25) is 0 Å². The third kappa shape index (κ3) is 29.1. The largest absolute Gasteiger partial charge is 0.482 e. The van der Waals surface area contributed by atoms with Crippen LogP contribution in [0.25, 0.3) is 0 Å². The molecule has 0 aromatic carbocycles. The van der Waals surface area contributed by atoms with Crippen LogP contribution in [0.2, 0.25) is 0 Å². The zero-order chi connectivity index (χ0) is 28.8. The fourth-order valence-corrected chi connectivity index (χ4v) is 5.91. The molecule has 0 heterocycles. The van der Waals surface area contributed by atoms with Crippen molar-refractivity contribution >= 4 is 34.5 Å². The van der Waals surface area contributed by atoms with E-state index < -0.39 is 0 Å². The quantitative estimate of drug-likeness (QED) is 0.0615. The summed E-state index contributed by atoms with van der Waals surface area (Å²) in [5, 5.41) is 0.790. The average Bonchev–Trinajstić information content (AvgIpc) is 2.91. The predicted molar refractivity (Wildman–Crippen MR) is 184 cm³/mol. The van der Waals surface area contributed by atoms with Crippen molar-refractivity contribution in [1.29, 1.82) is 0 Å². The van der Waals surface area contributed by atoms with Crippen molar-refractivity contribution in [3.63, 3.8) is 0 Å². The molecule has 1 atom stereocenters. The van der Waals surface area contributed by atoms with Crippen LogP contribution in [0.1, 0.15) is 195 Å². The van der Waals surface area contributed by atoms with Crippen molar-refractivity contribution in [2.75, 3.05) is 13.1 Å². The molecule has 0 aliphatic rings. The lowest BCUT2D eigenvalue weighted by atomic mass is 10.0. The Kier molecular flexibility index (Phi) is 30.6. The van der Waals surface area contributed by atoms with Gasteiger partial charge in [0, 0.05) is 13.0 Å². The van der Waals surface area contributed by atoms with E-state index in [1.807, 2.05) is 0 Å². The van der Waals surface area contributed by atoms with Crippen molar-refractivity contribution in [2.24, 2.45) is 0 Å². The van der Waals surface area contributed by atoms with Gasteiger partial charge < -0.3 is 9.64 Å². The highest BCUT2D eigenvalue weighted by molar-refractivity contribution is 7.80. The normalized spacial score (nSPS) is 12.0. The van der Waals surface area contributed by atoms with Crippen LogP contribution < -0.4 is 0 Å². The summed E-state index contributed by atoms with van der Waals surface area (Å²) in [5.41, 5.74) is 0. The van der Waals surface area contributed by atoms with Crippen LogP contribution in [0, 0.1) is 0 Å². The summed E-state index contributed by atoms with van der Waals surface area (Å²) in [4.78, 5) is 3.31. The smallest absolute Gasteiger partial charge is 0.160 e. The summed E-state index contributed by atoms with van der Waals surface area (Å²) >= 11 is 11.1. The summed E-state index contributed by atoms with van der Waals surface area (Å²) in [7, 11) is 0. The Morgan fingerprint density at radius 1 is 0.538 bits per heavy atom. The standard InChI is InChI=1S/C35H69NOS2/c1-5-7-9-11-13-15-17-19-20-22-24-26-28-30-35(39)37-33(3)32-36(34(4)38)31-29-27-25-23-21-18-16-14-12-10-8-6-2/h33H,5-32H2,1-4H3. The van der Waals surface area contributed by atoms with Crippen molar-refractivity contribution in [1.82, 2.24) is 4.90 Å². The molecule has 0 aromatic heterocycles. The van der Waals surface area contributed by atoms with Gasteiger partial charge in [0.15, 0.2) is 5.05 Å². The third-order valence-electron chi connectivity index (χ3n) is 8.02. The molecule has 0 bridgehead atoms. The van der Waals surface area contributed by atoms with Gasteiger partial charge in [-0.3, -0.25) is 0 Å². The monoisotopic (exact) mass is 583 g/mol. The highest BCUT2D eigenvalue weighted by Gasteiger charge is 2.13. The summed E-state index contributed by atoms with van der Waals surface area (Å²) in [6, 6.07) is 0. The highest BCUT2D eigenvalue weighted by atomic mass is 32.1. The summed E-state index contributed by atoms with van der Waals surface area (Å²) in [5.74, 6) is 0. The molecule has 1 unspecified atom stereocenters. The molecule has 0 saturated carbocycles. The number of nitrogens with zero attached hydrogens (tertiary/aromatic N) is 1. The average molecular weight is 584 g/mol. The number of hydrogen-bond acceptors (Lipinski definition) is 3. The van der Waals surface area contributed by atoms with Crippen LogP contribution in [0.3, 0.4) is 0 Å². The lowest BCUT2D eigenvalue weighted by Gasteiger charge is -2.27. The van der Waals surface area contributed by atoms with Crippen molar-refractivity contribution in [3.05, 3.63) is 0 Å². The van der Waals surface area contributed by atoms with Crippen molar-refractivity contribution < 1.29 is 4.74 Å². The first-order chi connectivity index (χ1) is 19.0. The maximum Gasteiger partial charge on any atom is 0.160 e. The zero-order valence-corrected chi connectivity index (χ0v) is 28.7. The molecule has 0 saturated heterocycles. The fraction of sp³-hybridized carbons (Fsp3) is 0.943. The minimum absolute atomic E-state index is 0.106. The molecule has 0 spiro atoms. The minimum Gasteiger partial charge on any atom is -0.482 e. The number of rotatable bonds is 30. The van der Waals surface area contributed by atoms with Gasteiger partial charge in [-0.1, -0.05) is 174 Å². The SMILES string of the molecule is CCCCCCCCCCCCCCCC(=S)OC(C)CN(CCCCCCCCCCCCCC)C(C)=S. The maximum atomic E-state index is 6.08. The summed E-state index contributed by atoms with van der Waals surface area (Å²) < 4.78 is 6.08. The predicted octanol–water partition coefficient (Wildman–Crippen LogP) is 12.6. The Labute approximate surface area is 257 Å². The molecular formula is C35H69NOS2. The second-order valence-corrected chi connectivity index (χ2v) is 13.2. The van der Waals surface area contributed by atoms with Gasteiger partial charge in [0.05, 0.1) is 11.5 Å². The molecule has 0 aromatic rings. The van der Waals surface area contributed by atoms with Crippen LogP contribution in [-0.4, -0.2) is 34.1 Å². The van der Waals surface area contributed by atoms with E-state index in [9.17, 15) is 0 Å². The van der Waals surface area contributed by atoms with E-state index in [1.165, 1.54) is 154 Å². The fourth-order valence-electron chi connectivity index (χ4n) is 5.44. The molecule has 0 radical (unpaired) electrons. The van der Waals surface area contributed by atoms with Gasteiger partial charge in [-0.15, -0.1) is 0 Å². The Hall–Kier alpha value is -0.220. The Balaban J connectivity index is 3.67. The first kappa shape index (κ1) is 38.8. The van der Waals surface area contributed by atoms with E-state index in [-0.39, 0.29) is 6.10 Å². The van der Waals surface area contributed by atoms with Gasteiger partial charge in [-0.25, -0.2) is 0 Å². The lowest BCUT2D eigenvalue weighted by Crippen LogP contribution is -2.36. The molecule has 232 valence electrons. The molecule has 2 nitrogen and oxygen atoms in total. The number of ether oxygens (including phenoxy) is 1. The van der Waals surface area contributed by atoms with Gasteiger partial charge in [-0.2, -0.15) is 0 Å². The van der Waals surface area contributed by atoms with Crippen molar-refractivity contribution in [2.45, 2.75) is 201 Å². The molecule has 0 N–H and O–H groups in total. The van der Waals surface area contributed by atoms with Gasteiger partial charge in [0.25, 0.3) is 0 Å². The number of unbranched alkanes of at least 4 members (excludes halogenated alkanes) is 23. The first-order valence-corrected chi connectivity index (χ1v) is 18.3. The van der Waals surface area contributed by atoms with E-state index in [1.54, 1.807) is 0 Å². The van der Waals surface area contributed by atoms with Crippen LogP contribution in [-0.2, 0) is 4.74 Å². The molecule has 0 aliphatic carbocycles. The molecular weight excluding hydrogens is 515 g/mol. The molecule has 0 amide bonds. The number of hydrogen-bond donors (Lipinski definition) is 0. The third-order valence-corrected chi connectivity index (χ3v) is 8.58. The van der Waals surface area contributed by atoms with E-state index in [0.717, 1.165) is 36.0 Å². The lowest BCUT2D eigenvalue weighted by molar-refractivity contribution is 0.171. The molecule has 0 rings (SSSR count). The molecule has 0 fully saturated rings. The zero-order valence-electron chi connectivity index (χ0n) is 27.0. The second kappa shape index (κ2) is 30.7. The Morgan fingerprint density at radius 2 is 0.872 bits per heavy atom. The summed E-state index contributed by atoms with van der Waals surface area (Å²) in [6.07, 6.45) is 35.6. The Bertz CT molecular complexity index is 539. The van der Waals surface area contributed by atoms with Crippen LogP contribution in [0.5, 0.6) is 0 Å². The van der Waals surface area contributed by atoms with Gasteiger partial charge in [-0.05, 0) is 38.9 Å². The van der Waals surface area contributed by atoms with Crippen LogP contribution in [0.4, 0.5) is 0 Å². The van der Waals surface area contributed by atoms with E-state index in [4.69, 9.17) is 29.2 Å². The van der Waals surface area contributed by atoms with Gasteiger partial charge >= 0.3 is 0 Å². The Morgan fingerprint density at radius 3 is 1.23 bits per heavy atom. The first-order valence-electron chi connectivity index (χ1n) is 17.5. The maximum absolute atomic E-state index is 6.08. The molecule has 39 heavy (non-hydrogen) atoms.